The number of hydrogen-bond donors (Lipinski definition) is 2. The number of esters is 1. The smallest absolute Gasteiger partial charge is 0.355 e. The van der Waals surface area contributed by atoms with Crippen LogP contribution in [0.1, 0.15) is 40.3 Å². The molecule has 1 amide bonds. The van der Waals surface area contributed by atoms with Gasteiger partial charge in [-0.1, -0.05) is 6.07 Å². The zero-order chi connectivity index (χ0) is 18.6. The van der Waals surface area contributed by atoms with Gasteiger partial charge in [-0.15, -0.1) is 0 Å². The maximum absolute atomic E-state index is 12.3. The van der Waals surface area contributed by atoms with Gasteiger partial charge in [0.2, 0.25) is 0 Å². The number of Topliss-reactive ketones (excluding diaryl/α,β-unsaturated/α-hetero) is 1. The Morgan fingerprint density at radius 2 is 1.92 bits per heavy atom. The summed E-state index contributed by atoms with van der Waals surface area (Å²) in [5.41, 5.74) is 1.92. The van der Waals surface area contributed by atoms with Gasteiger partial charge < -0.3 is 19.8 Å². The molecule has 0 bridgehead atoms. The second kappa shape index (κ2) is 7.65. The van der Waals surface area contributed by atoms with Crippen molar-refractivity contribution in [3.05, 3.63) is 47.3 Å². The monoisotopic (exact) mass is 344 g/mol. The van der Waals surface area contributed by atoms with E-state index in [9.17, 15) is 14.4 Å². The Hall–Kier alpha value is -3.09. The summed E-state index contributed by atoms with van der Waals surface area (Å²) in [6, 6.07) is 6.74. The summed E-state index contributed by atoms with van der Waals surface area (Å²) in [4.78, 5) is 38.2. The number of carbonyl (C=O) groups excluding carboxylic acids is 3. The zero-order valence-electron chi connectivity index (χ0n) is 14.5. The average molecular weight is 344 g/mol. The molecule has 2 aromatic rings. The molecular formula is C18H20N2O5. The Bertz CT molecular complexity index is 810. The first-order chi connectivity index (χ1) is 11.8. The number of carbonyl (C=O) groups is 3. The SMILES string of the molecule is COc1ccc(C)cc1NC(=O)[C@H](C)OC(=O)c1cc(C(C)=O)c[nH]1. The van der Waals surface area contributed by atoms with Crippen molar-refractivity contribution < 1.29 is 23.9 Å². The molecule has 2 rings (SSSR count). The number of hydrogen-bond acceptors (Lipinski definition) is 5. The van der Waals surface area contributed by atoms with Gasteiger partial charge in [0.1, 0.15) is 11.4 Å². The molecule has 0 aliphatic heterocycles. The first kappa shape index (κ1) is 18.3. The molecule has 7 nitrogen and oxygen atoms in total. The van der Waals surface area contributed by atoms with Gasteiger partial charge in [-0.3, -0.25) is 9.59 Å². The van der Waals surface area contributed by atoms with Crippen LogP contribution in [0.4, 0.5) is 5.69 Å². The number of aromatic nitrogens is 1. The second-order valence-electron chi connectivity index (χ2n) is 5.60. The quantitative estimate of drug-likeness (QED) is 0.620. The van der Waals surface area contributed by atoms with E-state index in [1.54, 1.807) is 12.1 Å². The van der Waals surface area contributed by atoms with E-state index in [-0.39, 0.29) is 11.5 Å². The standard InChI is InChI=1S/C18H20N2O5/c1-10-5-6-16(24-4)14(7-10)20-17(22)12(3)25-18(23)15-8-13(9-19-15)11(2)21/h5-9,12,19H,1-4H3,(H,20,22)/t12-/m0/s1. The van der Waals surface area contributed by atoms with E-state index in [0.717, 1.165) is 5.56 Å². The van der Waals surface area contributed by atoms with Gasteiger partial charge in [-0.25, -0.2) is 4.79 Å². The number of amides is 1. The fourth-order valence-electron chi connectivity index (χ4n) is 2.15. The van der Waals surface area contributed by atoms with Crippen LogP contribution in [0.3, 0.4) is 0 Å². The van der Waals surface area contributed by atoms with Crippen molar-refractivity contribution in [3.63, 3.8) is 0 Å². The number of methoxy groups -OCH3 is 1. The Morgan fingerprint density at radius 1 is 1.20 bits per heavy atom. The molecule has 1 atom stereocenters. The maximum Gasteiger partial charge on any atom is 0.355 e. The number of nitrogens with one attached hydrogen (secondary N) is 2. The molecule has 0 fully saturated rings. The largest absolute Gasteiger partial charge is 0.495 e. The van der Waals surface area contributed by atoms with E-state index in [0.29, 0.717) is 17.0 Å². The highest BCUT2D eigenvalue weighted by atomic mass is 16.5. The van der Waals surface area contributed by atoms with E-state index in [2.05, 4.69) is 10.3 Å². The maximum atomic E-state index is 12.3. The van der Waals surface area contributed by atoms with Gasteiger partial charge in [0.05, 0.1) is 12.8 Å². The summed E-state index contributed by atoms with van der Waals surface area (Å²) in [6.07, 6.45) is 0.392. The van der Waals surface area contributed by atoms with E-state index in [1.807, 2.05) is 13.0 Å². The molecule has 25 heavy (non-hydrogen) atoms. The fourth-order valence-corrected chi connectivity index (χ4v) is 2.15. The first-order valence-corrected chi connectivity index (χ1v) is 7.67. The molecule has 2 N–H and O–H groups in total. The van der Waals surface area contributed by atoms with Crippen molar-refractivity contribution in [2.24, 2.45) is 0 Å². The van der Waals surface area contributed by atoms with E-state index in [1.165, 1.54) is 33.2 Å². The Morgan fingerprint density at radius 3 is 2.52 bits per heavy atom. The highest BCUT2D eigenvalue weighted by Gasteiger charge is 2.21. The third kappa shape index (κ3) is 4.47. The molecular weight excluding hydrogens is 324 g/mol. The lowest BCUT2D eigenvalue weighted by atomic mass is 10.2. The van der Waals surface area contributed by atoms with Crippen LogP contribution in [0.5, 0.6) is 5.75 Å². The van der Waals surface area contributed by atoms with E-state index >= 15 is 0 Å². The van der Waals surface area contributed by atoms with Gasteiger partial charge in [0.15, 0.2) is 11.9 Å². The molecule has 0 radical (unpaired) electrons. The number of aromatic amines is 1. The van der Waals surface area contributed by atoms with Gasteiger partial charge in [0.25, 0.3) is 5.91 Å². The molecule has 0 unspecified atom stereocenters. The van der Waals surface area contributed by atoms with Crippen LogP contribution in [-0.4, -0.2) is 35.9 Å². The number of aryl methyl sites for hydroxylation is 1. The van der Waals surface area contributed by atoms with Gasteiger partial charge in [0, 0.05) is 11.8 Å². The van der Waals surface area contributed by atoms with E-state index < -0.39 is 18.0 Å². The normalized spacial score (nSPS) is 11.5. The summed E-state index contributed by atoms with van der Waals surface area (Å²) in [5, 5.41) is 2.68. The molecule has 7 heteroatoms. The number of ether oxygens (including phenoxy) is 2. The molecule has 1 aromatic carbocycles. The van der Waals surface area contributed by atoms with Crippen molar-refractivity contribution >= 4 is 23.3 Å². The molecule has 1 heterocycles. The van der Waals surface area contributed by atoms with Crippen molar-refractivity contribution in [2.45, 2.75) is 26.9 Å². The lowest BCUT2D eigenvalue weighted by molar-refractivity contribution is -0.123. The number of rotatable bonds is 6. The Kier molecular flexibility index (Phi) is 5.59. The lowest BCUT2D eigenvalue weighted by Crippen LogP contribution is -2.30. The van der Waals surface area contributed by atoms with Crippen LogP contribution in [0.15, 0.2) is 30.5 Å². The van der Waals surface area contributed by atoms with Crippen molar-refractivity contribution in [3.8, 4) is 5.75 Å². The molecule has 0 aliphatic rings. The molecule has 0 saturated carbocycles. The molecule has 0 saturated heterocycles. The van der Waals surface area contributed by atoms with Crippen LogP contribution < -0.4 is 10.1 Å². The predicted molar refractivity (Wildman–Crippen MR) is 92.0 cm³/mol. The van der Waals surface area contributed by atoms with Crippen LogP contribution in [0.25, 0.3) is 0 Å². The summed E-state index contributed by atoms with van der Waals surface area (Å²) in [6.45, 7) is 4.74. The minimum atomic E-state index is -1.03. The molecule has 132 valence electrons. The number of anilines is 1. The zero-order valence-corrected chi connectivity index (χ0v) is 14.5. The summed E-state index contributed by atoms with van der Waals surface area (Å²) >= 11 is 0. The molecule has 1 aromatic heterocycles. The Balaban J connectivity index is 2.03. The van der Waals surface area contributed by atoms with Crippen LogP contribution in [0.2, 0.25) is 0 Å². The van der Waals surface area contributed by atoms with Crippen LogP contribution >= 0.6 is 0 Å². The number of benzene rings is 1. The van der Waals surface area contributed by atoms with Crippen molar-refractivity contribution in [2.75, 3.05) is 12.4 Å². The average Bonchev–Trinajstić information content (AvgIpc) is 3.05. The van der Waals surface area contributed by atoms with E-state index in [4.69, 9.17) is 9.47 Å². The summed E-state index contributed by atoms with van der Waals surface area (Å²) in [5.74, 6) is -0.873. The predicted octanol–water partition coefficient (Wildman–Crippen LogP) is 2.72. The minimum Gasteiger partial charge on any atom is -0.495 e. The molecule has 0 spiro atoms. The lowest BCUT2D eigenvalue weighted by Gasteiger charge is -2.15. The van der Waals surface area contributed by atoms with Gasteiger partial charge in [-0.2, -0.15) is 0 Å². The third-order valence-electron chi connectivity index (χ3n) is 3.58. The van der Waals surface area contributed by atoms with Gasteiger partial charge in [-0.05, 0) is 44.5 Å². The topological polar surface area (TPSA) is 97.5 Å². The summed E-state index contributed by atoms with van der Waals surface area (Å²) in [7, 11) is 1.50. The minimum absolute atomic E-state index is 0.109. The molecule has 0 aliphatic carbocycles. The first-order valence-electron chi connectivity index (χ1n) is 7.67. The van der Waals surface area contributed by atoms with Crippen LogP contribution in [-0.2, 0) is 9.53 Å². The summed E-state index contributed by atoms with van der Waals surface area (Å²) < 4.78 is 10.3. The van der Waals surface area contributed by atoms with Crippen LogP contribution in [0, 0.1) is 6.92 Å². The second-order valence-corrected chi connectivity index (χ2v) is 5.60. The Labute approximate surface area is 145 Å². The third-order valence-corrected chi connectivity index (χ3v) is 3.58. The number of H-pyrrole nitrogens is 1. The number of ketones is 1. The fraction of sp³-hybridized carbons (Fsp3) is 0.278. The highest BCUT2D eigenvalue weighted by molar-refractivity contribution is 5.99. The highest BCUT2D eigenvalue weighted by Crippen LogP contribution is 2.25. The van der Waals surface area contributed by atoms with Gasteiger partial charge >= 0.3 is 5.97 Å². The van der Waals surface area contributed by atoms with Crippen molar-refractivity contribution in [1.29, 1.82) is 0 Å². The van der Waals surface area contributed by atoms with Crippen molar-refractivity contribution in [1.82, 2.24) is 4.98 Å².